The standard InChI is InChI=1S/C26H23ClN2O3S/c1-31-22-10-4-18(5-11-22)14-15-28-25(30)24-17-33-26(29-24)20-6-12-23(13-7-20)32-16-19-2-8-21(27)9-3-19/h2-13,17H,14-16H2,1H3,(H,28,30). The summed E-state index contributed by atoms with van der Waals surface area (Å²) < 4.78 is 11.0. The highest BCUT2D eigenvalue weighted by Gasteiger charge is 2.12. The Balaban J connectivity index is 1.28. The number of carbonyl (C=O) groups excluding carboxylic acids is 1. The number of carbonyl (C=O) groups is 1. The fourth-order valence-corrected chi connectivity index (χ4v) is 4.09. The highest BCUT2D eigenvalue weighted by atomic mass is 35.5. The maximum Gasteiger partial charge on any atom is 0.270 e. The molecular weight excluding hydrogens is 456 g/mol. The average Bonchev–Trinajstić information content (AvgIpc) is 3.35. The third-order valence-corrected chi connectivity index (χ3v) is 6.16. The van der Waals surface area contributed by atoms with E-state index in [0.717, 1.165) is 39.6 Å². The minimum absolute atomic E-state index is 0.172. The van der Waals surface area contributed by atoms with Crippen molar-refractivity contribution < 1.29 is 14.3 Å². The van der Waals surface area contributed by atoms with Crippen molar-refractivity contribution in [2.75, 3.05) is 13.7 Å². The van der Waals surface area contributed by atoms with Crippen LogP contribution in [0.5, 0.6) is 11.5 Å². The number of aromatic nitrogens is 1. The number of hydrogen-bond acceptors (Lipinski definition) is 5. The maximum atomic E-state index is 12.5. The number of hydrogen-bond donors (Lipinski definition) is 1. The van der Waals surface area contributed by atoms with Crippen molar-refractivity contribution in [3.63, 3.8) is 0 Å². The van der Waals surface area contributed by atoms with E-state index in [-0.39, 0.29) is 5.91 Å². The van der Waals surface area contributed by atoms with Crippen molar-refractivity contribution >= 4 is 28.8 Å². The zero-order chi connectivity index (χ0) is 23.0. The molecule has 0 saturated carbocycles. The molecule has 4 aromatic rings. The first-order valence-corrected chi connectivity index (χ1v) is 11.7. The molecule has 5 nitrogen and oxygen atoms in total. The van der Waals surface area contributed by atoms with Crippen molar-refractivity contribution in [2.45, 2.75) is 13.0 Å². The molecule has 4 rings (SSSR count). The molecule has 1 aromatic heterocycles. The molecule has 0 saturated heterocycles. The number of nitrogens with one attached hydrogen (secondary N) is 1. The molecule has 0 radical (unpaired) electrons. The van der Waals surface area contributed by atoms with Gasteiger partial charge in [0.05, 0.1) is 7.11 Å². The second kappa shape index (κ2) is 11.0. The first kappa shape index (κ1) is 22.8. The number of halogens is 1. The van der Waals surface area contributed by atoms with Gasteiger partial charge in [0.1, 0.15) is 28.8 Å². The lowest BCUT2D eigenvalue weighted by molar-refractivity contribution is 0.0950. The van der Waals surface area contributed by atoms with Gasteiger partial charge in [0.2, 0.25) is 0 Å². The predicted octanol–water partition coefficient (Wildman–Crippen LogP) is 6.02. The van der Waals surface area contributed by atoms with Crippen molar-refractivity contribution in [1.29, 1.82) is 0 Å². The second-order valence-corrected chi connectivity index (χ2v) is 8.63. The van der Waals surface area contributed by atoms with Crippen molar-refractivity contribution in [3.8, 4) is 22.1 Å². The van der Waals surface area contributed by atoms with Gasteiger partial charge in [-0.15, -0.1) is 11.3 Å². The Morgan fingerprint density at radius 1 is 0.939 bits per heavy atom. The molecule has 0 aliphatic carbocycles. The van der Waals surface area contributed by atoms with Crippen molar-refractivity contribution in [3.05, 3.63) is 100 Å². The first-order valence-electron chi connectivity index (χ1n) is 10.4. The summed E-state index contributed by atoms with van der Waals surface area (Å²) in [7, 11) is 1.64. The van der Waals surface area contributed by atoms with Crippen LogP contribution < -0.4 is 14.8 Å². The van der Waals surface area contributed by atoms with E-state index in [0.29, 0.717) is 23.9 Å². The number of thiazole rings is 1. The van der Waals surface area contributed by atoms with E-state index in [4.69, 9.17) is 21.1 Å². The van der Waals surface area contributed by atoms with Crippen LogP contribution in [0, 0.1) is 0 Å². The molecule has 1 heterocycles. The zero-order valence-corrected chi connectivity index (χ0v) is 19.7. The summed E-state index contributed by atoms with van der Waals surface area (Å²) in [5, 5.41) is 6.21. The number of nitrogens with zero attached hydrogens (tertiary/aromatic N) is 1. The molecule has 0 unspecified atom stereocenters. The normalized spacial score (nSPS) is 10.6. The molecule has 1 amide bonds. The van der Waals surface area contributed by atoms with E-state index < -0.39 is 0 Å². The Kier molecular flexibility index (Phi) is 7.60. The number of benzene rings is 3. The number of amides is 1. The first-order chi connectivity index (χ1) is 16.1. The van der Waals surface area contributed by atoms with E-state index in [1.807, 2.05) is 72.8 Å². The van der Waals surface area contributed by atoms with E-state index in [1.165, 1.54) is 11.3 Å². The third kappa shape index (κ3) is 6.34. The lowest BCUT2D eigenvalue weighted by atomic mass is 10.1. The van der Waals surface area contributed by atoms with Crippen LogP contribution in [0.25, 0.3) is 10.6 Å². The topological polar surface area (TPSA) is 60.5 Å². The van der Waals surface area contributed by atoms with E-state index in [2.05, 4.69) is 10.3 Å². The second-order valence-electron chi connectivity index (χ2n) is 7.33. The molecular formula is C26H23ClN2O3S. The summed E-state index contributed by atoms with van der Waals surface area (Å²) in [6.07, 6.45) is 0.740. The minimum atomic E-state index is -0.172. The SMILES string of the molecule is COc1ccc(CCNC(=O)c2csc(-c3ccc(OCc4ccc(Cl)cc4)cc3)n2)cc1. The van der Waals surface area contributed by atoms with Crippen LogP contribution >= 0.6 is 22.9 Å². The van der Waals surface area contributed by atoms with Crippen LogP contribution in [0.15, 0.2) is 78.2 Å². The highest BCUT2D eigenvalue weighted by molar-refractivity contribution is 7.13. The Bertz CT molecular complexity index is 1190. The van der Waals surface area contributed by atoms with E-state index in [1.54, 1.807) is 12.5 Å². The van der Waals surface area contributed by atoms with E-state index in [9.17, 15) is 4.79 Å². The highest BCUT2D eigenvalue weighted by Crippen LogP contribution is 2.26. The fourth-order valence-electron chi connectivity index (χ4n) is 3.15. The minimum Gasteiger partial charge on any atom is -0.497 e. The third-order valence-electron chi connectivity index (χ3n) is 5.02. The van der Waals surface area contributed by atoms with Crippen molar-refractivity contribution in [1.82, 2.24) is 10.3 Å². The van der Waals surface area contributed by atoms with Gasteiger partial charge in [-0.25, -0.2) is 4.98 Å². The van der Waals surface area contributed by atoms with Gasteiger partial charge in [-0.3, -0.25) is 4.79 Å². The Morgan fingerprint density at radius 2 is 1.61 bits per heavy atom. The number of rotatable bonds is 9. The Labute approximate surface area is 202 Å². The van der Waals surface area contributed by atoms with Gasteiger partial charge in [0, 0.05) is 22.5 Å². The van der Waals surface area contributed by atoms with Gasteiger partial charge in [0.25, 0.3) is 5.91 Å². The maximum absolute atomic E-state index is 12.5. The zero-order valence-electron chi connectivity index (χ0n) is 18.1. The Morgan fingerprint density at radius 3 is 2.30 bits per heavy atom. The van der Waals surface area contributed by atoms with Gasteiger partial charge >= 0.3 is 0 Å². The summed E-state index contributed by atoms with van der Waals surface area (Å²) in [6.45, 7) is 1.01. The van der Waals surface area contributed by atoms with Crippen LogP contribution in [-0.2, 0) is 13.0 Å². The van der Waals surface area contributed by atoms with E-state index >= 15 is 0 Å². The van der Waals surface area contributed by atoms with Gasteiger partial charge in [-0.2, -0.15) is 0 Å². The van der Waals surface area contributed by atoms with Crippen LogP contribution in [0.2, 0.25) is 5.02 Å². The van der Waals surface area contributed by atoms with Gasteiger partial charge in [0.15, 0.2) is 0 Å². The molecule has 0 aliphatic rings. The molecule has 0 fully saturated rings. The summed E-state index contributed by atoms with van der Waals surface area (Å²) in [5.74, 6) is 1.41. The lowest BCUT2D eigenvalue weighted by Crippen LogP contribution is -2.25. The van der Waals surface area contributed by atoms with Crippen LogP contribution in [0.4, 0.5) is 0 Å². The predicted molar refractivity (Wildman–Crippen MR) is 132 cm³/mol. The quantitative estimate of drug-likeness (QED) is 0.319. The summed E-state index contributed by atoms with van der Waals surface area (Å²) >= 11 is 7.35. The van der Waals surface area contributed by atoms with Crippen LogP contribution in [0.3, 0.4) is 0 Å². The number of ether oxygens (including phenoxy) is 2. The molecule has 0 bridgehead atoms. The van der Waals surface area contributed by atoms with Crippen LogP contribution in [0.1, 0.15) is 21.6 Å². The molecule has 7 heteroatoms. The number of methoxy groups -OCH3 is 1. The molecule has 1 N–H and O–H groups in total. The molecule has 33 heavy (non-hydrogen) atoms. The van der Waals surface area contributed by atoms with Crippen molar-refractivity contribution in [2.24, 2.45) is 0 Å². The van der Waals surface area contributed by atoms with Gasteiger partial charge in [-0.05, 0) is 66.1 Å². The molecule has 0 atom stereocenters. The molecule has 168 valence electrons. The summed E-state index contributed by atoms with van der Waals surface area (Å²) in [6, 6.07) is 23.1. The average molecular weight is 479 g/mol. The molecule has 0 spiro atoms. The fraction of sp³-hybridized carbons (Fsp3) is 0.154. The largest absolute Gasteiger partial charge is 0.497 e. The van der Waals surface area contributed by atoms with Crippen LogP contribution in [-0.4, -0.2) is 24.5 Å². The molecule has 0 aliphatic heterocycles. The molecule has 3 aromatic carbocycles. The summed E-state index contributed by atoms with van der Waals surface area (Å²) in [4.78, 5) is 17.0. The lowest BCUT2D eigenvalue weighted by Gasteiger charge is -2.07. The van der Waals surface area contributed by atoms with Gasteiger partial charge in [-0.1, -0.05) is 35.9 Å². The smallest absolute Gasteiger partial charge is 0.270 e. The summed E-state index contributed by atoms with van der Waals surface area (Å²) in [5.41, 5.74) is 3.54. The Hall–Kier alpha value is -3.35. The van der Waals surface area contributed by atoms with Gasteiger partial charge < -0.3 is 14.8 Å². The monoisotopic (exact) mass is 478 g/mol.